The molecule has 2 N–H and O–H groups in total. The van der Waals surface area contributed by atoms with Crippen LogP contribution in [0.1, 0.15) is 31.0 Å². The molecule has 3 nitrogen and oxygen atoms in total. The third kappa shape index (κ3) is 2.74. The SMILES string of the molecule is CC(C)c1ccn(-c2ccc(CCN)cc2Cl)n1. The zero-order valence-electron chi connectivity index (χ0n) is 10.7. The molecule has 96 valence electrons. The van der Waals surface area contributed by atoms with Crippen LogP contribution >= 0.6 is 11.6 Å². The quantitative estimate of drug-likeness (QED) is 0.921. The summed E-state index contributed by atoms with van der Waals surface area (Å²) >= 11 is 6.29. The molecule has 0 bridgehead atoms. The molecule has 18 heavy (non-hydrogen) atoms. The van der Waals surface area contributed by atoms with Crippen molar-refractivity contribution in [3.63, 3.8) is 0 Å². The number of rotatable bonds is 4. The molecule has 0 fully saturated rings. The minimum absolute atomic E-state index is 0.418. The normalized spacial score (nSPS) is 11.2. The first-order valence-corrected chi connectivity index (χ1v) is 6.54. The molecule has 1 aromatic heterocycles. The van der Waals surface area contributed by atoms with Crippen LogP contribution in [0.2, 0.25) is 5.02 Å². The van der Waals surface area contributed by atoms with Gasteiger partial charge in [-0.1, -0.05) is 31.5 Å². The highest BCUT2D eigenvalue weighted by atomic mass is 35.5. The van der Waals surface area contributed by atoms with Crippen molar-refractivity contribution in [1.82, 2.24) is 9.78 Å². The van der Waals surface area contributed by atoms with Crippen molar-refractivity contribution in [2.24, 2.45) is 5.73 Å². The molecule has 0 atom stereocenters. The van der Waals surface area contributed by atoms with Crippen LogP contribution in [0.25, 0.3) is 5.69 Å². The van der Waals surface area contributed by atoms with Gasteiger partial charge in [0.1, 0.15) is 0 Å². The zero-order chi connectivity index (χ0) is 13.1. The molecule has 0 spiro atoms. The van der Waals surface area contributed by atoms with E-state index in [1.165, 1.54) is 0 Å². The number of benzene rings is 1. The van der Waals surface area contributed by atoms with Crippen molar-refractivity contribution in [3.05, 3.63) is 46.7 Å². The summed E-state index contributed by atoms with van der Waals surface area (Å²) in [5.74, 6) is 0.418. The third-order valence-electron chi connectivity index (χ3n) is 2.89. The molecule has 1 heterocycles. The molecule has 0 aliphatic rings. The summed E-state index contributed by atoms with van der Waals surface area (Å²) in [6.45, 7) is 4.88. The Morgan fingerprint density at radius 1 is 1.33 bits per heavy atom. The van der Waals surface area contributed by atoms with Gasteiger partial charge in [-0.3, -0.25) is 0 Å². The lowest BCUT2D eigenvalue weighted by Crippen LogP contribution is -2.03. The first-order valence-electron chi connectivity index (χ1n) is 6.16. The van der Waals surface area contributed by atoms with E-state index in [1.54, 1.807) is 0 Å². The molecule has 0 radical (unpaired) electrons. The lowest BCUT2D eigenvalue weighted by molar-refractivity contribution is 0.768. The maximum atomic E-state index is 6.29. The van der Waals surface area contributed by atoms with Crippen LogP contribution in [0.3, 0.4) is 0 Å². The summed E-state index contributed by atoms with van der Waals surface area (Å²) in [5, 5.41) is 5.23. The van der Waals surface area contributed by atoms with Gasteiger partial charge in [-0.05, 0) is 42.6 Å². The Kier molecular flexibility index (Phi) is 4.04. The van der Waals surface area contributed by atoms with Gasteiger partial charge in [-0.25, -0.2) is 4.68 Å². The standard InChI is InChI=1S/C14H18ClN3/c1-10(2)13-6-8-18(17-13)14-4-3-11(5-7-16)9-12(14)15/h3-4,6,8-10H,5,7,16H2,1-2H3. The van der Waals surface area contributed by atoms with E-state index in [4.69, 9.17) is 17.3 Å². The predicted molar refractivity (Wildman–Crippen MR) is 75.4 cm³/mol. The highest BCUT2D eigenvalue weighted by Gasteiger charge is 2.08. The van der Waals surface area contributed by atoms with Crippen LogP contribution in [-0.4, -0.2) is 16.3 Å². The Balaban J connectivity index is 2.32. The van der Waals surface area contributed by atoms with Gasteiger partial charge in [0.25, 0.3) is 0 Å². The highest BCUT2D eigenvalue weighted by molar-refractivity contribution is 6.32. The van der Waals surface area contributed by atoms with E-state index < -0.39 is 0 Å². The maximum absolute atomic E-state index is 6.29. The first-order chi connectivity index (χ1) is 8.61. The van der Waals surface area contributed by atoms with Crippen molar-refractivity contribution in [2.75, 3.05) is 6.54 Å². The van der Waals surface area contributed by atoms with Crippen molar-refractivity contribution in [3.8, 4) is 5.69 Å². The van der Waals surface area contributed by atoms with Gasteiger partial charge in [0.05, 0.1) is 16.4 Å². The van der Waals surface area contributed by atoms with Gasteiger partial charge in [0.2, 0.25) is 0 Å². The maximum Gasteiger partial charge on any atom is 0.0832 e. The van der Waals surface area contributed by atoms with E-state index in [0.717, 1.165) is 23.4 Å². The average molecular weight is 264 g/mol. The molecule has 0 saturated heterocycles. The molecule has 1 aromatic carbocycles. The number of aromatic nitrogens is 2. The largest absolute Gasteiger partial charge is 0.330 e. The summed E-state index contributed by atoms with van der Waals surface area (Å²) in [7, 11) is 0. The highest BCUT2D eigenvalue weighted by Crippen LogP contribution is 2.23. The Morgan fingerprint density at radius 3 is 2.67 bits per heavy atom. The van der Waals surface area contributed by atoms with Crippen LogP contribution in [0, 0.1) is 0 Å². The van der Waals surface area contributed by atoms with Crippen molar-refractivity contribution >= 4 is 11.6 Å². The van der Waals surface area contributed by atoms with Crippen LogP contribution in [-0.2, 0) is 6.42 Å². The van der Waals surface area contributed by atoms with Gasteiger partial charge < -0.3 is 5.73 Å². The fourth-order valence-electron chi connectivity index (χ4n) is 1.84. The minimum Gasteiger partial charge on any atom is -0.330 e. The molecule has 0 amide bonds. The molecule has 0 aliphatic heterocycles. The van der Waals surface area contributed by atoms with Crippen LogP contribution in [0.4, 0.5) is 0 Å². The minimum atomic E-state index is 0.418. The third-order valence-corrected chi connectivity index (χ3v) is 3.20. The van der Waals surface area contributed by atoms with E-state index in [-0.39, 0.29) is 0 Å². The Morgan fingerprint density at radius 2 is 2.11 bits per heavy atom. The molecule has 4 heteroatoms. The van der Waals surface area contributed by atoms with Crippen LogP contribution in [0.15, 0.2) is 30.5 Å². The van der Waals surface area contributed by atoms with Crippen LogP contribution in [0.5, 0.6) is 0 Å². The fraction of sp³-hybridized carbons (Fsp3) is 0.357. The molecule has 0 unspecified atom stereocenters. The topological polar surface area (TPSA) is 43.8 Å². The molecule has 0 saturated carbocycles. The van der Waals surface area contributed by atoms with E-state index in [2.05, 4.69) is 18.9 Å². The van der Waals surface area contributed by atoms with Gasteiger partial charge in [-0.15, -0.1) is 0 Å². The predicted octanol–water partition coefficient (Wildman–Crippen LogP) is 3.15. The Bertz CT molecular complexity index is 532. The second-order valence-corrected chi connectivity index (χ2v) is 5.07. The summed E-state index contributed by atoms with van der Waals surface area (Å²) in [6.07, 6.45) is 2.79. The number of halogens is 1. The second-order valence-electron chi connectivity index (χ2n) is 4.66. The number of hydrogen-bond donors (Lipinski definition) is 1. The second kappa shape index (κ2) is 5.55. The van der Waals surface area contributed by atoms with E-state index in [9.17, 15) is 0 Å². The molecular formula is C14H18ClN3. The lowest BCUT2D eigenvalue weighted by Gasteiger charge is -2.07. The Labute approximate surface area is 113 Å². The zero-order valence-corrected chi connectivity index (χ0v) is 11.5. The monoisotopic (exact) mass is 263 g/mol. The van der Waals surface area contributed by atoms with Crippen molar-refractivity contribution < 1.29 is 0 Å². The summed E-state index contributed by atoms with van der Waals surface area (Å²) in [6, 6.07) is 8.02. The lowest BCUT2D eigenvalue weighted by atomic mass is 10.1. The van der Waals surface area contributed by atoms with Crippen molar-refractivity contribution in [1.29, 1.82) is 0 Å². The molecule has 0 aliphatic carbocycles. The van der Waals surface area contributed by atoms with Crippen LogP contribution < -0.4 is 5.73 Å². The summed E-state index contributed by atoms with van der Waals surface area (Å²) < 4.78 is 1.82. The average Bonchev–Trinajstić information content (AvgIpc) is 2.79. The smallest absolute Gasteiger partial charge is 0.0832 e. The molecule has 2 aromatic rings. The van der Waals surface area contributed by atoms with Crippen molar-refractivity contribution in [2.45, 2.75) is 26.2 Å². The summed E-state index contributed by atoms with van der Waals surface area (Å²) in [5.41, 5.74) is 8.66. The van der Waals surface area contributed by atoms with Gasteiger partial charge in [0, 0.05) is 6.20 Å². The number of nitrogens with zero attached hydrogens (tertiary/aromatic N) is 2. The number of hydrogen-bond acceptors (Lipinski definition) is 2. The fourth-order valence-corrected chi connectivity index (χ4v) is 2.13. The van der Waals surface area contributed by atoms with E-state index >= 15 is 0 Å². The van der Waals surface area contributed by atoms with Gasteiger partial charge >= 0.3 is 0 Å². The molecular weight excluding hydrogens is 246 g/mol. The number of nitrogens with two attached hydrogens (primary N) is 1. The van der Waals surface area contributed by atoms with Gasteiger partial charge in [0.15, 0.2) is 0 Å². The van der Waals surface area contributed by atoms with E-state index in [0.29, 0.717) is 17.5 Å². The molecule has 2 rings (SSSR count). The van der Waals surface area contributed by atoms with Gasteiger partial charge in [-0.2, -0.15) is 5.10 Å². The Hall–Kier alpha value is -1.32. The van der Waals surface area contributed by atoms with E-state index in [1.807, 2.05) is 35.1 Å². The first kappa shape index (κ1) is 13.1. The summed E-state index contributed by atoms with van der Waals surface area (Å²) in [4.78, 5) is 0.